The van der Waals surface area contributed by atoms with Gasteiger partial charge in [-0.05, 0) is 50.9 Å². The molecule has 2 aliphatic heterocycles. The zero-order valence-electron chi connectivity index (χ0n) is 17.9. The summed E-state index contributed by atoms with van der Waals surface area (Å²) >= 11 is 0. The number of hydrogen-bond donors (Lipinski definition) is 1. The van der Waals surface area contributed by atoms with E-state index in [2.05, 4.69) is 20.2 Å². The summed E-state index contributed by atoms with van der Waals surface area (Å²) < 4.78 is 27.0. The molecule has 0 radical (unpaired) electrons. The van der Waals surface area contributed by atoms with E-state index in [-0.39, 0.29) is 12.5 Å². The van der Waals surface area contributed by atoms with Crippen molar-refractivity contribution in [1.82, 2.24) is 29.0 Å². The van der Waals surface area contributed by atoms with E-state index in [4.69, 9.17) is 0 Å². The van der Waals surface area contributed by atoms with Gasteiger partial charge in [0.2, 0.25) is 10.0 Å². The van der Waals surface area contributed by atoms with Gasteiger partial charge in [0.05, 0.1) is 11.9 Å². The van der Waals surface area contributed by atoms with Crippen LogP contribution in [0.25, 0.3) is 5.65 Å². The van der Waals surface area contributed by atoms with Gasteiger partial charge in [-0.3, -0.25) is 0 Å². The smallest absolute Gasteiger partial charge is 0.211 e. The van der Waals surface area contributed by atoms with Gasteiger partial charge in [0.25, 0.3) is 0 Å². The highest BCUT2D eigenvalue weighted by molar-refractivity contribution is 7.88. The average molecular weight is 438 g/mol. The van der Waals surface area contributed by atoms with Crippen LogP contribution in [0.3, 0.4) is 0 Å². The minimum atomic E-state index is -3.28. The summed E-state index contributed by atoms with van der Waals surface area (Å²) in [5, 5.41) is 24.4. The predicted molar refractivity (Wildman–Crippen MR) is 114 cm³/mol. The quantitative estimate of drug-likeness (QED) is 0.705. The molecule has 1 unspecified atom stereocenters. The number of nitrogens with zero attached hydrogens (tertiary/aromatic N) is 7. The second-order valence-electron chi connectivity index (χ2n) is 8.89. The highest BCUT2D eigenvalue weighted by Crippen LogP contribution is 2.30. The Morgan fingerprint density at radius 3 is 2.60 bits per heavy atom. The lowest BCUT2D eigenvalue weighted by molar-refractivity contribution is -0.0389. The summed E-state index contributed by atoms with van der Waals surface area (Å²) in [5.74, 6) is 2.00. The van der Waals surface area contributed by atoms with Crippen LogP contribution in [0.2, 0.25) is 0 Å². The van der Waals surface area contributed by atoms with Crippen LogP contribution in [0.1, 0.15) is 37.4 Å². The number of piperidine rings is 2. The van der Waals surface area contributed by atoms with Gasteiger partial charge in [-0.2, -0.15) is 8.82 Å². The normalized spacial score (nSPS) is 25.1. The Morgan fingerprint density at radius 1 is 1.20 bits per heavy atom. The van der Waals surface area contributed by atoms with Crippen LogP contribution in [0, 0.1) is 0 Å². The summed E-state index contributed by atoms with van der Waals surface area (Å²) in [4.78, 5) is 4.20. The van der Waals surface area contributed by atoms with E-state index in [0.29, 0.717) is 25.9 Å². The fourth-order valence-corrected chi connectivity index (χ4v) is 5.47. The van der Waals surface area contributed by atoms with E-state index in [1.807, 2.05) is 35.6 Å². The fraction of sp³-hybridized carbons (Fsp3) is 0.737. The van der Waals surface area contributed by atoms with Crippen LogP contribution >= 0.6 is 0 Å². The summed E-state index contributed by atoms with van der Waals surface area (Å²) in [7, 11) is 0.632. The van der Waals surface area contributed by atoms with Gasteiger partial charge < -0.3 is 14.9 Å². The van der Waals surface area contributed by atoms with Crippen molar-refractivity contribution in [1.29, 1.82) is 0 Å². The monoisotopic (exact) mass is 437 g/mol. The van der Waals surface area contributed by atoms with Crippen LogP contribution in [0.5, 0.6) is 0 Å². The molecule has 0 spiro atoms. The largest absolute Gasteiger partial charge is 0.387 e. The standard InChI is InChI=1S/C19H31N7O3S/c1-23(2)17-6-5-16-20-21-18(26(16)22-17)15-7-11-24(12-8-15)13-19(27)9-4-10-25(14-19)30(3,28)29/h5-6,15,27H,4,7-14H2,1-3H3. The third-order valence-corrected chi connectivity index (χ3v) is 7.44. The maximum absolute atomic E-state index is 11.9. The lowest BCUT2D eigenvalue weighted by Crippen LogP contribution is -2.56. The first-order valence-corrected chi connectivity index (χ1v) is 12.3. The van der Waals surface area contributed by atoms with Crippen LogP contribution < -0.4 is 4.90 Å². The van der Waals surface area contributed by atoms with E-state index in [9.17, 15) is 13.5 Å². The second kappa shape index (κ2) is 8.03. The van der Waals surface area contributed by atoms with E-state index in [1.54, 1.807) is 0 Å². The van der Waals surface area contributed by atoms with Gasteiger partial charge in [0.15, 0.2) is 11.5 Å². The molecule has 0 bridgehead atoms. The molecule has 0 aliphatic carbocycles. The van der Waals surface area contributed by atoms with Gasteiger partial charge in [-0.25, -0.2) is 8.42 Å². The molecule has 2 fully saturated rings. The Bertz CT molecular complexity index is 1000. The van der Waals surface area contributed by atoms with Crippen molar-refractivity contribution < 1.29 is 13.5 Å². The minimum Gasteiger partial charge on any atom is -0.387 e. The summed E-state index contributed by atoms with van der Waals surface area (Å²) in [6.07, 6.45) is 4.33. The number of anilines is 1. The van der Waals surface area contributed by atoms with Crippen molar-refractivity contribution in [2.24, 2.45) is 0 Å². The number of rotatable bonds is 5. The molecule has 2 aromatic heterocycles. The molecule has 10 nitrogen and oxygen atoms in total. The van der Waals surface area contributed by atoms with Gasteiger partial charge in [-0.1, -0.05) is 0 Å². The molecule has 11 heteroatoms. The van der Waals surface area contributed by atoms with Gasteiger partial charge in [-0.15, -0.1) is 15.3 Å². The Labute approximate surface area is 177 Å². The molecule has 4 heterocycles. The van der Waals surface area contributed by atoms with Crippen LogP contribution in [-0.4, -0.2) is 101 Å². The predicted octanol–water partition coefficient (Wildman–Crippen LogP) is 0.156. The first-order valence-electron chi connectivity index (χ1n) is 10.4. The molecular weight excluding hydrogens is 406 g/mol. The van der Waals surface area contributed by atoms with Crippen molar-refractivity contribution >= 4 is 21.5 Å². The zero-order valence-corrected chi connectivity index (χ0v) is 18.7. The number of aromatic nitrogens is 4. The number of hydrogen-bond acceptors (Lipinski definition) is 8. The lowest BCUT2D eigenvalue weighted by Gasteiger charge is -2.42. The molecule has 2 aromatic rings. The number of fused-ring (bicyclic) bond motifs is 1. The molecule has 0 amide bonds. The summed E-state index contributed by atoms with van der Waals surface area (Å²) in [6, 6.07) is 3.86. The van der Waals surface area contributed by atoms with Gasteiger partial charge in [0.1, 0.15) is 5.82 Å². The van der Waals surface area contributed by atoms with Crippen molar-refractivity contribution in [3.05, 3.63) is 18.0 Å². The number of β-amino-alcohol motifs (C(OH)–C–C–N with tert-alkyl or cyclic N) is 1. The Morgan fingerprint density at radius 2 is 1.93 bits per heavy atom. The number of aliphatic hydroxyl groups is 1. The molecule has 0 aromatic carbocycles. The van der Waals surface area contributed by atoms with Crippen molar-refractivity contribution in [2.75, 3.05) is 58.0 Å². The summed E-state index contributed by atoms with van der Waals surface area (Å²) in [5.41, 5.74) is -0.242. The van der Waals surface area contributed by atoms with Crippen LogP contribution in [-0.2, 0) is 10.0 Å². The number of likely N-dealkylation sites (tertiary alicyclic amines) is 1. The Hall–Kier alpha value is -1.82. The lowest BCUT2D eigenvalue weighted by atomic mass is 9.91. The SMILES string of the molecule is CN(C)c1ccc2nnc(C3CCN(CC4(O)CCCN(S(C)(=O)=O)C4)CC3)n2n1. The second-order valence-corrected chi connectivity index (χ2v) is 10.9. The molecule has 4 rings (SSSR count). The van der Waals surface area contributed by atoms with Crippen LogP contribution in [0.4, 0.5) is 5.82 Å². The van der Waals surface area contributed by atoms with E-state index in [1.165, 1.54) is 10.6 Å². The topological polar surface area (TPSA) is 107 Å². The molecule has 30 heavy (non-hydrogen) atoms. The third kappa shape index (κ3) is 4.43. The van der Waals surface area contributed by atoms with E-state index < -0.39 is 15.6 Å². The van der Waals surface area contributed by atoms with Crippen molar-refractivity contribution in [3.8, 4) is 0 Å². The molecular formula is C19H31N7O3S. The first kappa shape index (κ1) is 21.4. The maximum Gasteiger partial charge on any atom is 0.211 e. The highest BCUT2D eigenvalue weighted by atomic mass is 32.2. The summed E-state index contributed by atoms with van der Waals surface area (Å²) in [6.45, 7) is 2.82. The molecule has 2 saturated heterocycles. The minimum absolute atomic E-state index is 0.178. The molecule has 166 valence electrons. The molecule has 2 aliphatic rings. The third-order valence-electron chi connectivity index (χ3n) is 6.19. The number of sulfonamides is 1. The first-order chi connectivity index (χ1) is 14.1. The highest BCUT2D eigenvalue weighted by Gasteiger charge is 2.39. The van der Waals surface area contributed by atoms with Gasteiger partial charge >= 0.3 is 0 Å². The van der Waals surface area contributed by atoms with Crippen molar-refractivity contribution in [3.63, 3.8) is 0 Å². The zero-order chi connectivity index (χ0) is 21.5. The van der Waals surface area contributed by atoms with Gasteiger partial charge in [0, 0.05) is 39.6 Å². The average Bonchev–Trinajstić information content (AvgIpc) is 3.11. The molecule has 0 saturated carbocycles. The van der Waals surface area contributed by atoms with E-state index >= 15 is 0 Å². The van der Waals surface area contributed by atoms with E-state index in [0.717, 1.165) is 43.2 Å². The van der Waals surface area contributed by atoms with Crippen molar-refractivity contribution in [2.45, 2.75) is 37.2 Å². The Kier molecular flexibility index (Phi) is 5.73. The Balaban J connectivity index is 1.41. The fourth-order valence-electron chi connectivity index (χ4n) is 4.54. The molecule has 1 atom stereocenters. The molecule has 1 N–H and O–H groups in total. The van der Waals surface area contributed by atoms with Crippen LogP contribution in [0.15, 0.2) is 12.1 Å². The maximum atomic E-state index is 11.9.